The second-order valence-corrected chi connectivity index (χ2v) is 5.26. The molecular formula is C15H21N5. The Labute approximate surface area is 119 Å². The molecule has 0 saturated heterocycles. The van der Waals surface area contributed by atoms with Gasteiger partial charge in [-0.2, -0.15) is 0 Å². The zero-order valence-electron chi connectivity index (χ0n) is 12.4. The number of nitrogen functional groups attached to an aromatic ring is 1. The molecule has 0 aromatic carbocycles. The minimum absolute atomic E-state index is 0.250. The van der Waals surface area contributed by atoms with Crippen LogP contribution in [-0.4, -0.2) is 15.0 Å². The van der Waals surface area contributed by atoms with Crippen LogP contribution in [0.3, 0.4) is 0 Å². The van der Waals surface area contributed by atoms with Crippen LogP contribution < -0.4 is 11.1 Å². The first-order valence-corrected chi connectivity index (χ1v) is 6.76. The van der Waals surface area contributed by atoms with Crippen molar-refractivity contribution in [2.75, 3.05) is 11.1 Å². The summed E-state index contributed by atoms with van der Waals surface area (Å²) < 4.78 is 0. The van der Waals surface area contributed by atoms with Gasteiger partial charge < -0.3 is 11.1 Å². The summed E-state index contributed by atoms with van der Waals surface area (Å²) in [5.74, 6) is 2.34. The molecular weight excluding hydrogens is 250 g/mol. The molecule has 0 fully saturated rings. The SMILES string of the molecule is Cc1ccc(CNc2nc(C(C)C)nc(N)c2C)cn1. The minimum Gasteiger partial charge on any atom is -0.383 e. The molecule has 3 N–H and O–H groups in total. The summed E-state index contributed by atoms with van der Waals surface area (Å²) in [7, 11) is 0. The standard InChI is InChI=1S/C15H21N5/c1-9(2)14-19-13(16)11(4)15(20-14)18-8-12-6-5-10(3)17-7-12/h5-7,9H,8H2,1-4H3,(H3,16,18,19,20). The monoisotopic (exact) mass is 271 g/mol. The quantitative estimate of drug-likeness (QED) is 0.894. The number of anilines is 2. The molecule has 0 aliphatic rings. The number of nitrogens with zero attached hydrogens (tertiary/aromatic N) is 3. The number of aromatic nitrogens is 3. The van der Waals surface area contributed by atoms with E-state index in [4.69, 9.17) is 5.73 Å². The lowest BCUT2D eigenvalue weighted by Crippen LogP contribution is -2.10. The molecule has 0 aliphatic heterocycles. The number of hydrogen-bond acceptors (Lipinski definition) is 5. The number of rotatable bonds is 4. The Hall–Kier alpha value is -2.17. The second-order valence-electron chi connectivity index (χ2n) is 5.26. The average Bonchev–Trinajstić information content (AvgIpc) is 2.42. The van der Waals surface area contributed by atoms with Crippen molar-refractivity contribution in [3.8, 4) is 0 Å². The predicted octanol–water partition coefficient (Wildman–Crippen LogP) is 2.81. The Bertz CT molecular complexity index is 590. The zero-order valence-corrected chi connectivity index (χ0v) is 12.4. The summed E-state index contributed by atoms with van der Waals surface area (Å²) in [6.07, 6.45) is 1.87. The normalized spacial score (nSPS) is 10.8. The van der Waals surface area contributed by atoms with Crippen LogP contribution in [0.5, 0.6) is 0 Å². The lowest BCUT2D eigenvalue weighted by atomic mass is 10.2. The Morgan fingerprint density at radius 1 is 1.20 bits per heavy atom. The van der Waals surface area contributed by atoms with E-state index in [1.807, 2.05) is 26.1 Å². The maximum atomic E-state index is 5.94. The van der Waals surface area contributed by atoms with E-state index in [9.17, 15) is 0 Å². The van der Waals surface area contributed by atoms with Gasteiger partial charge in [-0.05, 0) is 25.5 Å². The number of hydrogen-bond donors (Lipinski definition) is 2. The number of nitrogens with two attached hydrogens (primary N) is 1. The predicted molar refractivity (Wildman–Crippen MR) is 81.6 cm³/mol. The van der Waals surface area contributed by atoms with Crippen LogP contribution in [0.25, 0.3) is 0 Å². The molecule has 0 spiro atoms. The second kappa shape index (κ2) is 5.86. The van der Waals surface area contributed by atoms with Crippen molar-refractivity contribution < 1.29 is 0 Å². The van der Waals surface area contributed by atoms with E-state index in [0.29, 0.717) is 12.4 Å². The molecule has 0 amide bonds. The summed E-state index contributed by atoms with van der Waals surface area (Å²) in [5.41, 5.74) is 8.95. The van der Waals surface area contributed by atoms with Crippen LogP contribution in [0.4, 0.5) is 11.6 Å². The summed E-state index contributed by atoms with van der Waals surface area (Å²) in [5, 5.41) is 3.31. The highest BCUT2D eigenvalue weighted by molar-refractivity contribution is 5.55. The van der Waals surface area contributed by atoms with E-state index in [0.717, 1.165) is 28.5 Å². The molecule has 0 bridgehead atoms. The Morgan fingerprint density at radius 2 is 1.95 bits per heavy atom. The Kier molecular flexibility index (Phi) is 4.17. The molecule has 5 nitrogen and oxygen atoms in total. The molecule has 2 heterocycles. The fourth-order valence-corrected chi connectivity index (χ4v) is 1.77. The zero-order chi connectivity index (χ0) is 14.7. The van der Waals surface area contributed by atoms with E-state index in [2.05, 4.69) is 40.2 Å². The van der Waals surface area contributed by atoms with Crippen molar-refractivity contribution in [3.63, 3.8) is 0 Å². The van der Waals surface area contributed by atoms with Crippen molar-refractivity contribution >= 4 is 11.6 Å². The van der Waals surface area contributed by atoms with Gasteiger partial charge in [0.2, 0.25) is 0 Å². The third-order valence-electron chi connectivity index (χ3n) is 3.15. The smallest absolute Gasteiger partial charge is 0.135 e. The lowest BCUT2D eigenvalue weighted by Gasteiger charge is -2.13. The first-order valence-electron chi connectivity index (χ1n) is 6.76. The molecule has 2 aromatic heterocycles. The van der Waals surface area contributed by atoms with Crippen LogP contribution in [0, 0.1) is 13.8 Å². The number of pyridine rings is 1. The molecule has 0 aliphatic carbocycles. The van der Waals surface area contributed by atoms with E-state index in [1.165, 1.54) is 0 Å². The number of aryl methyl sites for hydroxylation is 1. The third kappa shape index (κ3) is 3.23. The highest BCUT2D eigenvalue weighted by atomic mass is 15.1. The highest BCUT2D eigenvalue weighted by Crippen LogP contribution is 2.21. The fraction of sp³-hybridized carbons (Fsp3) is 0.400. The van der Waals surface area contributed by atoms with Gasteiger partial charge >= 0.3 is 0 Å². The van der Waals surface area contributed by atoms with Crippen molar-refractivity contribution in [3.05, 3.63) is 41.0 Å². The van der Waals surface area contributed by atoms with Gasteiger partial charge in [0.15, 0.2) is 0 Å². The van der Waals surface area contributed by atoms with Crippen molar-refractivity contribution in [2.24, 2.45) is 0 Å². The van der Waals surface area contributed by atoms with Crippen molar-refractivity contribution in [2.45, 2.75) is 40.2 Å². The fourth-order valence-electron chi connectivity index (χ4n) is 1.77. The van der Waals surface area contributed by atoms with Gasteiger partial charge in [0.05, 0.1) is 0 Å². The van der Waals surface area contributed by atoms with E-state index in [1.54, 1.807) is 0 Å². The summed E-state index contributed by atoms with van der Waals surface area (Å²) in [6.45, 7) is 8.67. The van der Waals surface area contributed by atoms with E-state index >= 15 is 0 Å². The molecule has 0 saturated carbocycles. The van der Waals surface area contributed by atoms with Gasteiger partial charge in [-0.1, -0.05) is 19.9 Å². The van der Waals surface area contributed by atoms with Crippen LogP contribution >= 0.6 is 0 Å². The topological polar surface area (TPSA) is 76.7 Å². The lowest BCUT2D eigenvalue weighted by molar-refractivity contribution is 0.774. The minimum atomic E-state index is 0.250. The van der Waals surface area contributed by atoms with Crippen molar-refractivity contribution in [1.29, 1.82) is 0 Å². The largest absolute Gasteiger partial charge is 0.383 e. The maximum absolute atomic E-state index is 5.94. The van der Waals surface area contributed by atoms with Crippen LogP contribution in [0.15, 0.2) is 18.3 Å². The van der Waals surface area contributed by atoms with Crippen molar-refractivity contribution in [1.82, 2.24) is 15.0 Å². The van der Waals surface area contributed by atoms with Gasteiger partial charge in [0, 0.05) is 29.9 Å². The molecule has 0 atom stereocenters. The molecule has 106 valence electrons. The Balaban J connectivity index is 2.18. The van der Waals surface area contributed by atoms with E-state index < -0.39 is 0 Å². The van der Waals surface area contributed by atoms with Gasteiger partial charge in [-0.25, -0.2) is 9.97 Å². The number of nitrogens with one attached hydrogen (secondary N) is 1. The van der Waals surface area contributed by atoms with Gasteiger partial charge in [0.25, 0.3) is 0 Å². The average molecular weight is 271 g/mol. The molecule has 0 unspecified atom stereocenters. The maximum Gasteiger partial charge on any atom is 0.135 e. The first-order chi connectivity index (χ1) is 9.47. The van der Waals surface area contributed by atoms with Crippen LogP contribution in [-0.2, 0) is 6.54 Å². The molecule has 2 rings (SSSR count). The Morgan fingerprint density at radius 3 is 2.55 bits per heavy atom. The molecule has 2 aromatic rings. The molecule has 0 radical (unpaired) electrons. The van der Waals surface area contributed by atoms with Gasteiger partial charge in [0.1, 0.15) is 17.5 Å². The first kappa shape index (κ1) is 14.2. The summed E-state index contributed by atoms with van der Waals surface area (Å²) in [4.78, 5) is 13.1. The molecule has 5 heteroatoms. The van der Waals surface area contributed by atoms with Crippen LogP contribution in [0.1, 0.15) is 42.4 Å². The van der Waals surface area contributed by atoms with Gasteiger partial charge in [-0.3, -0.25) is 4.98 Å². The molecule has 20 heavy (non-hydrogen) atoms. The summed E-state index contributed by atoms with van der Waals surface area (Å²) in [6, 6.07) is 4.05. The highest BCUT2D eigenvalue weighted by Gasteiger charge is 2.11. The van der Waals surface area contributed by atoms with E-state index in [-0.39, 0.29) is 5.92 Å². The van der Waals surface area contributed by atoms with Gasteiger partial charge in [-0.15, -0.1) is 0 Å². The summed E-state index contributed by atoms with van der Waals surface area (Å²) >= 11 is 0. The third-order valence-corrected chi connectivity index (χ3v) is 3.15. The van der Waals surface area contributed by atoms with Crippen LogP contribution in [0.2, 0.25) is 0 Å².